The van der Waals surface area contributed by atoms with E-state index in [9.17, 15) is 4.79 Å². The Labute approximate surface area is 232 Å². The molecule has 6 aromatic rings. The molecule has 41 heavy (non-hydrogen) atoms. The molecule has 0 spiro atoms. The fourth-order valence-electron chi connectivity index (χ4n) is 3.98. The molecular formula is C29H18N10O2. The molecule has 0 unspecified atom stereocenters. The van der Waals surface area contributed by atoms with Crippen LogP contribution < -0.4 is 10.1 Å². The molecule has 0 saturated heterocycles. The van der Waals surface area contributed by atoms with Crippen LogP contribution in [0, 0.1) is 6.57 Å². The normalized spacial score (nSPS) is 10.9. The molecule has 6 rings (SSSR count). The van der Waals surface area contributed by atoms with E-state index in [2.05, 4.69) is 45.4 Å². The van der Waals surface area contributed by atoms with Gasteiger partial charge >= 0.3 is 6.01 Å². The first-order chi connectivity index (χ1) is 20.2. The number of carbonyl (C=O) groups excluding carboxylic acids is 1. The highest BCUT2D eigenvalue weighted by atomic mass is 16.5. The first kappa shape index (κ1) is 25.0. The van der Waals surface area contributed by atoms with Gasteiger partial charge in [-0.2, -0.15) is 9.78 Å². The van der Waals surface area contributed by atoms with Crippen LogP contribution in [-0.4, -0.2) is 35.6 Å². The number of para-hydroxylation sites is 1. The van der Waals surface area contributed by atoms with E-state index in [1.165, 1.54) is 23.3 Å². The van der Waals surface area contributed by atoms with Gasteiger partial charge in [-0.15, -0.1) is 10.2 Å². The Balaban J connectivity index is 1.54. The lowest BCUT2D eigenvalue weighted by Crippen LogP contribution is -2.13. The Morgan fingerprint density at radius 3 is 2.34 bits per heavy atom. The minimum absolute atomic E-state index is 0.0116. The van der Waals surface area contributed by atoms with Gasteiger partial charge in [0.25, 0.3) is 17.5 Å². The third kappa shape index (κ3) is 5.18. The van der Waals surface area contributed by atoms with E-state index in [-0.39, 0.29) is 40.5 Å². The van der Waals surface area contributed by atoms with Gasteiger partial charge in [0, 0.05) is 35.9 Å². The third-order valence-electron chi connectivity index (χ3n) is 5.82. The Morgan fingerprint density at radius 2 is 1.59 bits per heavy atom. The van der Waals surface area contributed by atoms with Crippen molar-refractivity contribution in [3.63, 3.8) is 0 Å². The van der Waals surface area contributed by atoms with Gasteiger partial charge in [0.05, 0.1) is 18.3 Å². The van der Waals surface area contributed by atoms with E-state index in [1.54, 1.807) is 42.7 Å². The van der Waals surface area contributed by atoms with Gasteiger partial charge in [-0.3, -0.25) is 4.79 Å². The molecule has 0 bridgehead atoms. The van der Waals surface area contributed by atoms with E-state index in [0.717, 1.165) is 0 Å². The number of anilines is 1. The number of benzene rings is 3. The van der Waals surface area contributed by atoms with Gasteiger partial charge < -0.3 is 10.1 Å². The average Bonchev–Trinajstić information content (AvgIpc) is 3.44. The second kappa shape index (κ2) is 11.2. The molecule has 0 radical (unpaired) electrons. The van der Waals surface area contributed by atoms with E-state index < -0.39 is 5.91 Å². The summed E-state index contributed by atoms with van der Waals surface area (Å²) in [6, 6.07) is 21.4. The highest BCUT2D eigenvalue weighted by Gasteiger charge is 2.23. The Bertz CT molecular complexity index is 1920. The van der Waals surface area contributed by atoms with Gasteiger partial charge in [-0.1, -0.05) is 42.5 Å². The maximum Gasteiger partial charge on any atom is 0.321 e. The van der Waals surface area contributed by atoms with Crippen molar-refractivity contribution in [1.82, 2.24) is 29.7 Å². The van der Waals surface area contributed by atoms with Crippen LogP contribution in [-0.2, 0) is 0 Å². The zero-order valence-corrected chi connectivity index (χ0v) is 21.2. The molecule has 0 aliphatic carbocycles. The van der Waals surface area contributed by atoms with Crippen LogP contribution >= 0.6 is 0 Å². The lowest BCUT2D eigenvalue weighted by Gasteiger charge is -2.15. The number of rotatable bonds is 7. The fraction of sp³-hybridized carbons (Fsp3) is 0. The van der Waals surface area contributed by atoms with Crippen LogP contribution in [0.5, 0.6) is 11.8 Å². The van der Waals surface area contributed by atoms with E-state index >= 15 is 0 Å². The summed E-state index contributed by atoms with van der Waals surface area (Å²) in [4.78, 5) is 33.9. The van der Waals surface area contributed by atoms with Gasteiger partial charge in [-0.05, 0) is 35.7 Å². The van der Waals surface area contributed by atoms with Gasteiger partial charge in [0.2, 0.25) is 0 Å². The SMILES string of the molecule is [C-]#[N+]c1cnn(-c2ncccn2)c1N=Nc1c(Oc2ncccn2)c(C(=O)Nc2ccccc2)cc2ccccc12. The first-order valence-corrected chi connectivity index (χ1v) is 12.2. The maximum atomic E-state index is 13.6. The molecule has 196 valence electrons. The molecule has 0 aliphatic rings. The van der Waals surface area contributed by atoms with Gasteiger partial charge in [0.1, 0.15) is 5.69 Å². The third-order valence-corrected chi connectivity index (χ3v) is 5.82. The number of hydrogen-bond acceptors (Lipinski definition) is 9. The number of fused-ring (bicyclic) bond motifs is 1. The number of carbonyl (C=O) groups is 1. The van der Waals surface area contributed by atoms with Crippen LogP contribution in [0.1, 0.15) is 10.4 Å². The standard InChI is InChI=1S/C29H18N10O2/c1-30-23-18-35-39(28-31-13-7-14-32-28)26(23)38-37-24-21-12-6-5-9-19(21)17-22(25(24)41-29-33-15-8-16-34-29)27(40)36-20-10-3-2-4-11-20/h2-18H,(H,36,40). The summed E-state index contributed by atoms with van der Waals surface area (Å²) in [5, 5.41) is 17.4. The molecule has 3 heterocycles. The van der Waals surface area contributed by atoms with Crippen molar-refractivity contribution in [3.05, 3.63) is 121 Å². The van der Waals surface area contributed by atoms with Crippen molar-refractivity contribution < 1.29 is 9.53 Å². The molecule has 0 aliphatic heterocycles. The zero-order valence-electron chi connectivity index (χ0n) is 21.2. The van der Waals surface area contributed by atoms with Crippen LogP contribution in [0.15, 0.2) is 114 Å². The first-order valence-electron chi connectivity index (χ1n) is 12.2. The molecule has 12 nitrogen and oxygen atoms in total. The number of nitrogens with one attached hydrogen (secondary N) is 1. The van der Waals surface area contributed by atoms with Gasteiger partial charge in [-0.25, -0.2) is 24.8 Å². The number of nitrogens with zero attached hydrogens (tertiary/aromatic N) is 9. The van der Waals surface area contributed by atoms with Crippen molar-refractivity contribution >= 4 is 39.6 Å². The van der Waals surface area contributed by atoms with E-state index in [4.69, 9.17) is 11.3 Å². The smallest absolute Gasteiger partial charge is 0.321 e. The largest absolute Gasteiger partial charge is 0.421 e. The highest BCUT2D eigenvalue weighted by molar-refractivity contribution is 6.12. The van der Waals surface area contributed by atoms with Crippen molar-refractivity contribution in [1.29, 1.82) is 0 Å². The number of amides is 1. The van der Waals surface area contributed by atoms with Crippen LogP contribution in [0.3, 0.4) is 0 Å². The van der Waals surface area contributed by atoms with E-state index in [0.29, 0.717) is 16.5 Å². The molecule has 0 atom stereocenters. The van der Waals surface area contributed by atoms with Crippen molar-refractivity contribution in [2.24, 2.45) is 10.2 Å². The highest BCUT2D eigenvalue weighted by Crippen LogP contribution is 2.43. The molecule has 1 amide bonds. The number of hydrogen-bond donors (Lipinski definition) is 1. The minimum atomic E-state index is -0.436. The zero-order chi connectivity index (χ0) is 28.0. The minimum Gasteiger partial charge on any atom is -0.421 e. The van der Waals surface area contributed by atoms with E-state index in [1.807, 2.05) is 42.5 Å². The Morgan fingerprint density at radius 1 is 0.878 bits per heavy atom. The molecule has 1 N–H and O–H groups in total. The van der Waals surface area contributed by atoms with Crippen molar-refractivity contribution in [2.75, 3.05) is 5.32 Å². The topological polar surface area (TPSA) is 137 Å². The lowest BCUT2D eigenvalue weighted by molar-refractivity contribution is 0.102. The lowest BCUT2D eigenvalue weighted by atomic mass is 10.0. The summed E-state index contributed by atoms with van der Waals surface area (Å²) in [5.41, 5.74) is 1.15. The number of ether oxygens (including phenoxy) is 1. The predicted molar refractivity (Wildman–Crippen MR) is 150 cm³/mol. The average molecular weight is 539 g/mol. The Hall–Kier alpha value is -6.35. The summed E-state index contributed by atoms with van der Waals surface area (Å²) in [6.07, 6.45) is 7.51. The van der Waals surface area contributed by atoms with Crippen LogP contribution in [0.25, 0.3) is 21.6 Å². The molecule has 0 saturated carbocycles. The molecular weight excluding hydrogens is 520 g/mol. The second-order valence-electron chi connectivity index (χ2n) is 8.40. The maximum absolute atomic E-state index is 13.6. The molecule has 12 heteroatoms. The second-order valence-corrected chi connectivity index (χ2v) is 8.40. The van der Waals surface area contributed by atoms with Crippen molar-refractivity contribution in [2.45, 2.75) is 0 Å². The van der Waals surface area contributed by atoms with Crippen LogP contribution in [0.2, 0.25) is 0 Å². The fourth-order valence-corrected chi connectivity index (χ4v) is 3.98. The summed E-state index contributed by atoms with van der Waals surface area (Å²) < 4.78 is 7.42. The molecule has 3 aromatic heterocycles. The van der Waals surface area contributed by atoms with Gasteiger partial charge in [0.15, 0.2) is 11.6 Å². The summed E-state index contributed by atoms with van der Waals surface area (Å²) in [7, 11) is 0. The monoisotopic (exact) mass is 538 g/mol. The summed E-state index contributed by atoms with van der Waals surface area (Å²) in [6.45, 7) is 7.60. The summed E-state index contributed by atoms with van der Waals surface area (Å²) in [5.74, 6) is -0.0323. The van der Waals surface area contributed by atoms with Crippen LogP contribution in [0.4, 0.5) is 22.9 Å². The molecule has 3 aromatic carbocycles. The summed E-state index contributed by atoms with van der Waals surface area (Å²) >= 11 is 0. The predicted octanol–water partition coefficient (Wildman–Crippen LogP) is 6.62. The number of aromatic nitrogens is 6. The quantitative estimate of drug-likeness (QED) is 0.178. The van der Waals surface area contributed by atoms with Crippen molar-refractivity contribution in [3.8, 4) is 17.7 Å². The molecule has 0 fully saturated rings. The Kier molecular flexibility index (Phi) is 6.80. The number of azo groups is 1.